The monoisotopic (exact) mass is 423 g/mol. The molecule has 6 heteroatoms. The van der Waals surface area contributed by atoms with E-state index in [1.807, 2.05) is 72.8 Å². The van der Waals surface area contributed by atoms with Crippen LogP contribution in [0.5, 0.6) is 23.0 Å². The summed E-state index contributed by atoms with van der Waals surface area (Å²) in [6.45, 7) is 0. The van der Waals surface area contributed by atoms with Gasteiger partial charge in [-0.3, -0.25) is 0 Å². The predicted octanol–water partition coefficient (Wildman–Crippen LogP) is 5.68. The van der Waals surface area contributed by atoms with Crippen LogP contribution >= 0.6 is 0 Å². The zero-order chi connectivity index (χ0) is 22.5. The Morgan fingerprint density at radius 2 is 1.38 bits per heavy atom. The Balaban J connectivity index is 1.74. The van der Waals surface area contributed by atoms with Crippen molar-refractivity contribution in [3.05, 3.63) is 84.4 Å². The van der Waals surface area contributed by atoms with E-state index in [2.05, 4.69) is 11.1 Å². The van der Waals surface area contributed by atoms with Crippen molar-refractivity contribution in [3.63, 3.8) is 0 Å². The highest BCUT2D eigenvalue weighted by Gasteiger charge is 2.15. The standard InChI is InChI=1S/C26H21N3O3/c1-30-21-12-18(13-22(14-21)31-2)23-15-25(29-26(28)24(23)16-27)17-8-10-20(11-9-17)32-19-6-4-3-5-7-19/h3-15H,1-2H3,(H2,28,29). The van der Waals surface area contributed by atoms with Crippen LogP contribution in [-0.4, -0.2) is 19.2 Å². The van der Waals surface area contributed by atoms with Crippen LogP contribution in [0.4, 0.5) is 5.82 Å². The second-order valence-corrected chi connectivity index (χ2v) is 6.97. The Morgan fingerprint density at radius 1 is 0.750 bits per heavy atom. The number of ether oxygens (including phenoxy) is 3. The van der Waals surface area contributed by atoms with E-state index in [-0.39, 0.29) is 5.82 Å². The van der Waals surface area contributed by atoms with Gasteiger partial charge < -0.3 is 19.9 Å². The maximum atomic E-state index is 9.70. The van der Waals surface area contributed by atoms with Crippen molar-refractivity contribution < 1.29 is 14.2 Å². The van der Waals surface area contributed by atoms with Crippen molar-refractivity contribution in [1.29, 1.82) is 5.26 Å². The molecular formula is C26H21N3O3. The van der Waals surface area contributed by atoms with Gasteiger partial charge >= 0.3 is 0 Å². The van der Waals surface area contributed by atoms with Crippen molar-refractivity contribution in [2.75, 3.05) is 20.0 Å². The molecule has 0 aliphatic rings. The lowest BCUT2D eigenvalue weighted by molar-refractivity contribution is 0.394. The molecule has 158 valence electrons. The average molecular weight is 423 g/mol. The van der Waals surface area contributed by atoms with Gasteiger partial charge in [-0.15, -0.1) is 0 Å². The number of hydrogen-bond acceptors (Lipinski definition) is 6. The van der Waals surface area contributed by atoms with Crippen LogP contribution in [0.2, 0.25) is 0 Å². The molecule has 3 aromatic carbocycles. The molecule has 0 aliphatic carbocycles. The number of aromatic nitrogens is 1. The summed E-state index contributed by atoms with van der Waals surface area (Å²) in [6.07, 6.45) is 0. The molecular weight excluding hydrogens is 402 g/mol. The molecule has 6 nitrogen and oxygen atoms in total. The van der Waals surface area contributed by atoms with Crippen LogP contribution < -0.4 is 19.9 Å². The molecule has 1 aromatic heterocycles. The van der Waals surface area contributed by atoms with Gasteiger partial charge in [0.2, 0.25) is 0 Å². The first-order chi connectivity index (χ1) is 15.6. The fourth-order valence-corrected chi connectivity index (χ4v) is 3.34. The summed E-state index contributed by atoms with van der Waals surface area (Å²) in [5.41, 5.74) is 9.34. The van der Waals surface area contributed by atoms with Gasteiger partial charge in [0, 0.05) is 17.2 Å². The van der Waals surface area contributed by atoms with E-state index in [4.69, 9.17) is 19.9 Å². The summed E-state index contributed by atoms with van der Waals surface area (Å²) >= 11 is 0. The van der Waals surface area contributed by atoms with Crippen molar-refractivity contribution in [2.24, 2.45) is 0 Å². The van der Waals surface area contributed by atoms with E-state index in [9.17, 15) is 5.26 Å². The number of hydrogen-bond donors (Lipinski definition) is 1. The summed E-state index contributed by atoms with van der Waals surface area (Å²) in [7, 11) is 3.16. The van der Waals surface area contributed by atoms with Crippen LogP contribution in [-0.2, 0) is 0 Å². The van der Waals surface area contributed by atoms with Crippen LogP contribution in [0.25, 0.3) is 22.4 Å². The highest BCUT2D eigenvalue weighted by atomic mass is 16.5. The average Bonchev–Trinajstić information content (AvgIpc) is 2.84. The number of benzene rings is 3. The fraction of sp³-hybridized carbons (Fsp3) is 0.0769. The van der Waals surface area contributed by atoms with Crippen molar-refractivity contribution in [2.45, 2.75) is 0 Å². The lowest BCUT2D eigenvalue weighted by atomic mass is 9.98. The molecule has 0 aliphatic heterocycles. The molecule has 2 N–H and O–H groups in total. The predicted molar refractivity (Wildman–Crippen MR) is 124 cm³/mol. The number of nitrogens with zero attached hydrogens (tertiary/aromatic N) is 2. The zero-order valence-corrected chi connectivity index (χ0v) is 17.7. The summed E-state index contributed by atoms with van der Waals surface area (Å²) in [5.74, 6) is 2.85. The number of nitrogens with two attached hydrogens (primary N) is 1. The Labute approximate surface area is 186 Å². The van der Waals surface area contributed by atoms with Gasteiger partial charge in [0.15, 0.2) is 0 Å². The van der Waals surface area contributed by atoms with Gasteiger partial charge in [0.05, 0.1) is 19.9 Å². The molecule has 0 spiro atoms. The second-order valence-electron chi connectivity index (χ2n) is 6.97. The third kappa shape index (κ3) is 4.32. The van der Waals surface area contributed by atoms with E-state index in [1.54, 1.807) is 20.3 Å². The molecule has 32 heavy (non-hydrogen) atoms. The maximum absolute atomic E-state index is 9.70. The molecule has 0 saturated carbocycles. The van der Waals surface area contributed by atoms with Crippen molar-refractivity contribution in [3.8, 4) is 51.5 Å². The molecule has 0 saturated heterocycles. The molecule has 0 bridgehead atoms. The quantitative estimate of drug-likeness (QED) is 0.429. The number of pyridine rings is 1. The normalized spacial score (nSPS) is 10.3. The molecule has 4 rings (SSSR count). The molecule has 0 fully saturated rings. The maximum Gasteiger partial charge on any atom is 0.142 e. The van der Waals surface area contributed by atoms with E-state index < -0.39 is 0 Å². The van der Waals surface area contributed by atoms with Crippen LogP contribution in [0.1, 0.15) is 5.56 Å². The number of rotatable bonds is 6. The second kappa shape index (κ2) is 9.11. The summed E-state index contributed by atoms with van der Waals surface area (Å²) in [4.78, 5) is 4.45. The number of methoxy groups -OCH3 is 2. The SMILES string of the molecule is COc1cc(OC)cc(-c2cc(-c3ccc(Oc4ccccc4)cc3)nc(N)c2C#N)c1. The minimum atomic E-state index is 0.159. The first kappa shape index (κ1) is 20.8. The van der Waals surface area contributed by atoms with E-state index in [0.717, 1.165) is 16.9 Å². The minimum absolute atomic E-state index is 0.159. The summed E-state index contributed by atoms with van der Waals surface area (Å²) < 4.78 is 16.6. The van der Waals surface area contributed by atoms with Gasteiger partial charge in [0.1, 0.15) is 40.4 Å². The Bertz CT molecular complexity index is 1260. The van der Waals surface area contributed by atoms with E-state index >= 15 is 0 Å². The highest BCUT2D eigenvalue weighted by molar-refractivity contribution is 5.81. The molecule has 4 aromatic rings. The summed E-state index contributed by atoms with van der Waals surface area (Å²) in [6, 6.07) is 26.5. The van der Waals surface area contributed by atoms with Gasteiger partial charge in [-0.1, -0.05) is 18.2 Å². The van der Waals surface area contributed by atoms with Gasteiger partial charge in [-0.25, -0.2) is 4.98 Å². The Kier molecular flexibility index (Phi) is 5.91. The van der Waals surface area contributed by atoms with Crippen molar-refractivity contribution >= 4 is 5.82 Å². The Hall–Kier alpha value is -4.50. The number of nitriles is 1. The zero-order valence-electron chi connectivity index (χ0n) is 17.7. The lowest BCUT2D eigenvalue weighted by Gasteiger charge is -2.13. The minimum Gasteiger partial charge on any atom is -0.497 e. The molecule has 0 atom stereocenters. The summed E-state index contributed by atoms with van der Waals surface area (Å²) in [5, 5.41) is 9.70. The third-order valence-electron chi connectivity index (χ3n) is 4.95. The number of para-hydroxylation sites is 1. The van der Waals surface area contributed by atoms with Crippen molar-refractivity contribution in [1.82, 2.24) is 4.98 Å². The molecule has 0 unspecified atom stereocenters. The topological polar surface area (TPSA) is 90.4 Å². The largest absolute Gasteiger partial charge is 0.497 e. The number of anilines is 1. The van der Waals surface area contributed by atoms with Gasteiger partial charge in [0.25, 0.3) is 0 Å². The molecule has 1 heterocycles. The molecule has 0 amide bonds. The van der Waals surface area contributed by atoms with Gasteiger partial charge in [-0.2, -0.15) is 5.26 Å². The smallest absolute Gasteiger partial charge is 0.142 e. The first-order valence-electron chi connectivity index (χ1n) is 9.88. The molecule has 0 radical (unpaired) electrons. The first-order valence-corrected chi connectivity index (χ1v) is 9.88. The van der Waals surface area contributed by atoms with Crippen LogP contribution in [0.15, 0.2) is 78.9 Å². The number of nitrogen functional groups attached to an aromatic ring is 1. The van der Waals surface area contributed by atoms with Gasteiger partial charge in [-0.05, 0) is 60.2 Å². The van der Waals surface area contributed by atoms with E-state index in [0.29, 0.717) is 34.1 Å². The third-order valence-corrected chi connectivity index (χ3v) is 4.95. The lowest BCUT2D eigenvalue weighted by Crippen LogP contribution is -2.00. The van der Waals surface area contributed by atoms with Crippen LogP contribution in [0, 0.1) is 11.3 Å². The van der Waals surface area contributed by atoms with E-state index in [1.165, 1.54) is 0 Å². The highest BCUT2D eigenvalue weighted by Crippen LogP contribution is 2.36. The Morgan fingerprint density at radius 3 is 1.97 bits per heavy atom. The fourth-order valence-electron chi connectivity index (χ4n) is 3.34. The van der Waals surface area contributed by atoms with Crippen LogP contribution in [0.3, 0.4) is 0 Å².